The van der Waals surface area contributed by atoms with Crippen molar-refractivity contribution in [3.05, 3.63) is 21.9 Å². The molecule has 0 bridgehead atoms. The molecule has 1 fully saturated rings. The van der Waals surface area contributed by atoms with Crippen molar-refractivity contribution in [1.29, 1.82) is 0 Å². The normalized spacial score (nSPS) is 26.4. The molecule has 1 aromatic heterocycles. The summed E-state index contributed by atoms with van der Waals surface area (Å²) < 4.78 is 15.0. The third-order valence-electron chi connectivity index (χ3n) is 3.66. The maximum atomic E-state index is 15.0. The quantitative estimate of drug-likeness (QED) is 0.636. The van der Waals surface area contributed by atoms with Gasteiger partial charge in [-0.2, -0.15) is 11.3 Å². The number of rotatable bonds is 2. The highest BCUT2D eigenvalue weighted by Gasteiger charge is 2.55. The fourth-order valence-electron chi connectivity index (χ4n) is 2.54. The number of fused-ring (bicyclic) bond motifs is 1. The van der Waals surface area contributed by atoms with Crippen LogP contribution in [0.4, 0.5) is 4.39 Å². The molecule has 1 saturated heterocycles. The van der Waals surface area contributed by atoms with Gasteiger partial charge in [-0.15, -0.1) is 0 Å². The predicted molar refractivity (Wildman–Crippen MR) is 66.2 cm³/mol. The van der Waals surface area contributed by atoms with Crippen molar-refractivity contribution in [3.8, 4) is 0 Å². The molecule has 8 heteroatoms. The molecule has 0 unspecified atom stereocenters. The highest BCUT2D eigenvalue weighted by Crippen LogP contribution is 2.38. The van der Waals surface area contributed by atoms with E-state index in [1.54, 1.807) is 10.8 Å². The minimum absolute atomic E-state index is 0.00731. The zero-order chi connectivity index (χ0) is 14.5. The Kier molecular flexibility index (Phi) is 2.87. The number of amides is 3. The van der Waals surface area contributed by atoms with Gasteiger partial charge in [0.1, 0.15) is 6.73 Å². The van der Waals surface area contributed by atoms with Gasteiger partial charge in [-0.1, -0.05) is 0 Å². The second kappa shape index (κ2) is 4.35. The van der Waals surface area contributed by atoms with Crippen LogP contribution < -0.4 is 0 Å². The molecule has 2 aliphatic rings. The van der Waals surface area contributed by atoms with E-state index < -0.39 is 30.2 Å². The minimum atomic E-state index is -2.57. The number of likely N-dealkylation sites (tertiary alicyclic amines) is 1. The number of aliphatic hydroxyl groups is 1. The number of hydrogen-bond acceptors (Lipinski definition) is 5. The van der Waals surface area contributed by atoms with Crippen molar-refractivity contribution in [3.63, 3.8) is 0 Å². The molecular formula is C12H11FN2O4S. The number of piperidine rings is 1. The lowest BCUT2D eigenvalue weighted by Crippen LogP contribution is -2.61. The highest BCUT2D eigenvalue weighted by molar-refractivity contribution is 7.08. The number of nitrogens with zero attached hydrogens (tertiary/aromatic N) is 2. The lowest BCUT2D eigenvalue weighted by molar-refractivity contribution is -0.174. The fourth-order valence-corrected chi connectivity index (χ4v) is 3.36. The highest BCUT2D eigenvalue weighted by atomic mass is 32.1. The van der Waals surface area contributed by atoms with Crippen LogP contribution in [0.15, 0.2) is 10.8 Å². The molecule has 6 nitrogen and oxygen atoms in total. The van der Waals surface area contributed by atoms with Crippen molar-refractivity contribution in [1.82, 2.24) is 9.80 Å². The lowest BCUT2D eigenvalue weighted by Gasteiger charge is -2.39. The van der Waals surface area contributed by atoms with Crippen LogP contribution in [0, 0.1) is 0 Å². The molecule has 2 aliphatic heterocycles. The maximum absolute atomic E-state index is 15.0. The number of hydrogen-bond donors (Lipinski definition) is 1. The first-order valence-electron chi connectivity index (χ1n) is 6.00. The van der Waals surface area contributed by atoms with Crippen LogP contribution in [0.3, 0.4) is 0 Å². The van der Waals surface area contributed by atoms with Gasteiger partial charge in [0.25, 0.3) is 17.6 Å². The third-order valence-corrected chi connectivity index (χ3v) is 4.45. The molecule has 1 aromatic rings. The molecule has 0 radical (unpaired) electrons. The van der Waals surface area contributed by atoms with Gasteiger partial charge in [0.05, 0.1) is 12.1 Å². The topological polar surface area (TPSA) is 77.9 Å². The Balaban J connectivity index is 1.94. The van der Waals surface area contributed by atoms with E-state index >= 15 is 4.39 Å². The standard InChI is InChI=1S/C12H11FN2O4S/c13-12(2-1-9(17)14(6-16)11(12)19)15-3-7-4-20-5-8(7)10(15)18/h4-5,16H,1-3,6H2/t12-/m1/s1. The van der Waals surface area contributed by atoms with Gasteiger partial charge in [-0.25, -0.2) is 4.39 Å². The van der Waals surface area contributed by atoms with Gasteiger partial charge >= 0.3 is 0 Å². The summed E-state index contributed by atoms with van der Waals surface area (Å²) in [6, 6.07) is 0. The van der Waals surface area contributed by atoms with E-state index in [1.807, 2.05) is 0 Å². The molecule has 1 atom stereocenters. The Labute approximate surface area is 117 Å². The first-order valence-corrected chi connectivity index (χ1v) is 6.95. The summed E-state index contributed by atoms with van der Waals surface area (Å²) >= 11 is 1.34. The van der Waals surface area contributed by atoms with E-state index in [0.29, 0.717) is 16.0 Å². The molecule has 0 aromatic carbocycles. The van der Waals surface area contributed by atoms with Crippen LogP contribution in [0.25, 0.3) is 0 Å². The Bertz CT molecular complexity index is 616. The molecule has 3 amide bonds. The maximum Gasteiger partial charge on any atom is 0.289 e. The summed E-state index contributed by atoms with van der Waals surface area (Å²) in [5.74, 6) is -4.92. The summed E-state index contributed by atoms with van der Waals surface area (Å²) in [4.78, 5) is 37.0. The van der Waals surface area contributed by atoms with E-state index in [1.165, 1.54) is 11.3 Å². The van der Waals surface area contributed by atoms with Crippen LogP contribution in [0.2, 0.25) is 0 Å². The van der Waals surface area contributed by atoms with Crippen molar-refractivity contribution < 1.29 is 23.9 Å². The first kappa shape index (κ1) is 13.2. The van der Waals surface area contributed by atoms with Gasteiger partial charge in [0.15, 0.2) is 0 Å². The van der Waals surface area contributed by atoms with Crippen LogP contribution in [-0.2, 0) is 16.1 Å². The number of thiophene rings is 1. The van der Waals surface area contributed by atoms with Crippen molar-refractivity contribution in [2.45, 2.75) is 25.2 Å². The smallest absolute Gasteiger partial charge is 0.289 e. The molecule has 3 rings (SSSR count). The second-order valence-electron chi connectivity index (χ2n) is 4.73. The third kappa shape index (κ3) is 1.61. The zero-order valence-electron chi connectivity index (χ0n) is 10.3. The summed E-state index contributed by atoms with van der Waals surface area (Å²) in [5.41, 5.74) is 1.07. The SMILES string of the molecule is O=C1CC[C@@](F)(N2Cc3cscc3C2=O)C(=O)N1CO. The van der Waals surface area contributed by atoms with Gasteiger partial charge in [-0.05, 0) is 10.9 Å². The van der Waals surface area contributed by atoms with Crippen LogP contribution in [0.1, 0.15) is 28.8 Å². The minimum Gasteiger partial charge on any atom is -0.376 e. The van der Waals surface area contributed by atoms with Gasteiger partial charge in [0.2, 0.25) is 5.91 Å². The van der Waals surface area contributed by atoms with Gasteiger partial charge in [0, 0.05) is 18.2 Å². The van der Waals surface area contributed by atoms with E-state index in [-0.39, 0.29) is 19.4 Å². The number of carbonyl (C=O) groups excluding carboxylic acids is 3. The molecule has 1 N–H and O–H groups in total. The van der Waals surface area contributed by atoms with Crippen molar-refractivity contribution >= 4 is 29.1 Å². The number of halogens is 1. The average molecular weight is 298 g/mol. The molecule has 106 valence electrons. The van der Waals surface area contributed by atoms with Crippen molar-refractivity contribution in [2.24, 2.45) is 0 Å². The predicted octanol–water partition coefficient (Wildman–Crippen LogP) is 0.469. The summed E-state index contributed by atoms with van der Waals surface area (Å²) in [6.07, 6.45) is -0.597. The lowest BCUT2D eigenvalue weighted by atomic mass is 10.00. The summed E-state index contributed by atoms with van der Waals surface area (Å²) in [6.45, 7) is -0.875. The molecule has 0 spiro atoms. The Hall–Kier alpha value is -1.80. The van der Waals surface area contributed by atoms with E-state index in [9.17, 15) is 14.4 Å². The largest absolute Gasteiger partial charge is 0.376 e. The average Bonchev–Trinajstić information content (AvgIpc) is 2.99. The summed E-state index contributed by atoms with van der Waals surface area (Å²) in [5, 5.41) is 12.4. The summed E-state index contributed by atoms with van der Waals surface area (Å²) in [7, 11) is 0. The Morgan fingerprint density at radius 2 is 2.10 bits per heavy atom. The number of imide groups is 1. The number of aliphatic hydroxyl groups excluding tert-OH is 1. The van der Waals surface area contributed by atoms with E-state index in [0.717, 1.165) is 4.90 Å². The molecular weight excluding hydrogens is 287 g/mol. The second-order valence-corrected chi connectivity index (χ2v) is 5.47. The van der Waals surface area contributed by atoms with Crippen molar-refractivity contribution in [2.75, 3.05) is 6.73 Å². The monoisotopic (exact) mass is 298 g/mol. The molecule has 3 heterocycles. The van der Waals surface area contributed by atoms with Crippen LogP contribution in [-0.4, -0.2) is 45.2 Å². The first-order chi connectivity index (χ1) is 9.49. The van der Waals surface area contributed by atoms with E-state index in [4.69, 9.17) is 5.11 Å². The fraction of sp³-hybridized carbons (Fsp3) is 0.417. The Morgan fingerprint density at radius 1 is 1.35 bits per heavy atom. The van der Waals surface area contributed by atoms with Gasteiger partial charge in [-0.3, -0.25) is 24.2 Å². The number of carbonyl (C=O) groups is 3. The molecule has 0 saturated carbocycles. The molecule has 0 aliphatic carbocycles. The number of alkyl halides is 1. The van der Waals surface area contributed by atoms with E-state index in [2.05, 4.69) is 0 Å². The van der Waals surface area contributed by atoms with Gasteiger partial charge < -0.3 is 5.11 Å². The zero-order valence-corrected chi connectivity index (χ0v) is 11.2. The molecule has 20 heavy (non-hydrogen) atoms. The Morgan fingerprint density at radius 3 is 2.75 bits per heavy atom. The van der Waals surface area contributed by atoms with Crippen LogP contribution >= 0.6 is 11.3 Å². The van der Waals surface area contributed by atoms with Crippen LogP contribution in [0.5, 0.6) is 0 Å².